The van der Waals surface area contributed by atoms with Crippen molar-refractivity contribution in [2.45, 2.75) is 26.3 Å². The number of hydrogen-bond acceptors (Lipinski definition) is 4. The Labute approximate surface area is 145 Å². The predicted octanol–water partition coefficient (Wildman–Crippen LogP) is 3.22. The van der Waals surface area contributed by atoms with Crippen LogP contribution in [0.25, 0.3) is 0 Å². The number of carbonyl (C=O) groups is 1. The average Bonchev–Trinajstić information content (AvgIpc) is 2.59. The Kier molecular flexibility index (Phi) is 4.88. The van der Waals surface area contributed by atoms with Crippen molar-refractivity contribution in [3.05, 3.63) is 58.7 Å². The van der Waals surface area contributed by atoms with Gasteiger partial charge in [-0.2, -0.15) is 0 Å². The monoisotopic (exact) mass is 346 g/mol. The molecule has 132 valence electrons. The van der Waals surface area contributed by atoms with Crippen LogP contribution in [-0.4, -0.2) is 19.1 Å². The molecule has 0 saturated carbocycles. The van der Waals surface area contributed by atoms with Crippen LogP contribution in [0.4, 0.5) is 20.2 Å². The maximum atomic E-state index is 14.7. The summed E-state index contributed by atoms with van der Waals surface area (Å²) in [6.45, 7) is 3.01. The molecule has 2 aromatic rings. The molecular formula is C19H20F2N2O2. The van der Waals surface area contributed by atoms with Crippen molar-refractivity contribution in [1.29, 1.82) is 0 Å². The number of nitrogens with two attached hydrogens (primary N) is 1. The molecule has 0 radical (unpaired) electrons. The molecule has 0 aromatic heterocycles. The summed E-state index contributed by atoms with van der Waals surface area (Å²) in [5.74, 6) is -1.30. The highest BCUT2D eigenvalue weighted by Gasteiger charge is 2.22. The van der Waals surface area contributed by atoms with E-state index in [1.165, 1.54) is 12.1 Å². The Hall–Kier alpha value is -2.63. The van der Waals surface area contributed by atoms with E-state index in [1.807, 2.05) is 4.90 Å². The normalized spacial score (nSPS) is 13.5. The van der Waals surface area contributed by atoms with Crippen molar-refractivity contribution in [3.8, 4) is 0 Å². The van der Waals surface area contributed by atoms with Gasteiger partial charge < -0.3 is 15.4 Å². The zero-order chi connectivity index (χ0) is 18.0. The summed E-state index contributed by atoms with van der Waals surface area (Å²) in [7, 11) is 0. The molecule has 0 fully saturated rings. The molecule has 0 spiro atoms. The first-order valence-corrected chi connectivity index (χ1v) is 8.24. The molecule has 2 N–H and O–H groups in total. The second kappa shape index (κ2) is 7.09. The fourth-order valence-electron chi connectivity index (χ4n) is 3.12. The van der Waals surface area contributed by atoms with Gasteiger partial charge in [0.25, 0.3) is 0 Å². The summed E-state index contributed by atoms with van der Waals surface area (Å²) in [5, 5.41) is 0. The standard InChI is InChI=1S/C19H20F2N2O2/c1-2-25-17(24)10-13-4-6-16(18(21)19(13)22)23-8-7-12-3-5-15(20)9-14(12)11-23/h3-6,9H,2,7-8,10-11,22H2,1H3. The fourth-order valence-corrected chi connectivity index (χ4v) is 3.12. The van der Waals surface area contributed by atoms with Crippen molar-refractivity contribution in [3.63, 3.8) is 0 Å². The lowest BCUT2D eigenvalue weighted by Crippen LogP contribution is -2.31. The second-order valence-electron chi connectivity index (χ2n) is 6.04. The first-order valence-electron chi connectivity index (χ1n) is 8.24. The number of benzene rings is 2. The molecule has 3 rings (SSSR count). The third kappa shape index (κ3) is 3.57. The summed E-state index contributed by atoms with van der Waals surface area (Å²) in [6, 6.07) is 7.96. The van der Waals surface area contributed by atoms with Gasteiger partial charge in [-0.25, -0.2) is 8.78 Å². The lowest BCUT2D eigenvalue weighted by Gasteiger charge is -2.31. The highest BCUT2D eigenvalue weighted by Crippen LogP contribution is 2.31. The predicted molar refractivity (Wildman–Crippen MR) is 92.3 cm³/mol. The van der Waals surface area contributed by atoms with Gasteiger partial charge in [-0.3, -0.25) is 4.79 Å². The molecule has 2 aromatic carbocycles. The van der Waals surface area contributed by atoms with Gasteiger partial charge in [0.05, 0.1) is 24.4 Å². The minimum absolute atomic E-state index is 0.0457. The van der Waals surface area contributed by atoms with Gasteiger partial charge in [0.1, 0.15) is 5.82 Å². The van der Waals surface area contributed by atoms with Crippen LogP contribution in [0.1, 0.15) is 23.6 Å². The third-order valence-electron chi connectivity index (χ3n) is 4.41. The Balaban J connectivity index is 1.84. The van der Waals surface area contributed by atoms with Gasteiger partial charge in [0.15, 0.2) is 5.82 Å². The van der Waals surface area contributed by atoms with E-state index in [4.69, 9.17) is 10.5 Å². The van der Waals surface area contributed by atoms with Crippen molar-refractivity contribution < 1.29 is 18.3 Å². The van der Waals surface area contributed by atoms with E-state index in [0.717, 1.165) is 11.1 Å². The van der Waals surface area contributed by atoms with Crippen molar-refractivity contribution in [2.24, 2.45) is 0 Å². The van der Waals surface area contributed by atoms with Crippen molar-refractivity contribution in [1.82, 2.24) is 0 Å². The maximum absolute atomic E-state index is 14.7. The lowest BCUT2D eigenvalue weighted by molar-refractivity contribution is -0.142. The summed E-state index contributed by atoms with van der Waals surface area (Å²) >= 11 is 0. The van der Waals surface area contributed by atoms with E-state index >= 15 is 0 Å². The van der Waals surface area contributed by atoms with E-state index < -0.39 is 11.8 Å². The summed E-state index contributed by atoms with van der Waals surface area (Å²) in [5.41, 5.74) is 8.53. The third-order valence-corrected chi connectivity index (χ3v) is 4.41. The molecule has 4 nitrogen and oxygen atoms in total. The van der Waals surface area contributed by atoms with Crippen LogP contribution in [0.5, 0.6) is 0 Å². The number of halogens is 2. The quantitative estimate of drug-likeness (QED) is 0.682. The van der Waals surface area contributed by atoms with Crippen LogP contribution in [-0.2, 0) is 28.9 Å². The molecule has 0 unspecified atom stereocenters. The van der Waals surface area contributed by atoms with Gasteiger partial charge >= 0.3 is 5.97 Å². The SMILES string of the molecule is CCOC(=O)Cc1ccc(N2CCc3ccc(F)cc3C2)c(F)c1N. The summed E-state index contributed by atoms with van der Waals surface area (Å²) in [4.78, 5) is 13.4. The first kappa shape index (κ1) is 17.2. The minimum atomic E-state index is -0.554. The topological polar surface area (TPSA) is 55.6 Å². The average molecular weight is 346 g/mol. The van der Waals surface area contributed by atoms with Gasteiger partial charge in [-0.05, 0) is 48.2 Å². The molecule has 0 bridgehead atoms. The number of nitrogens with zero attached hydrogens (tertiary/aromatic N) is 1. The number of rotatable bonds is 4. The lowest BCUT2D eigenvalue weighted by atomic mass is 9.98. The number of fused-ring (bicyclic) bond motifs is 1. The van der Waals surface area contributed by atoms with E-state index in [2.05, 4.69) is 0 Å². The van der Waals surface area contributed by atoms with E-state index in [1.54, 1.807) is 25.1 Å². The molecular weight excluding hydrogens is 326 g/mol. The zero-order valence-electron chi connectivity index (χ0n) is 14.0. The van der Waals surface area contributed by atoms with Gasteiger partial charge in [-0.15, -0.1) is 0 Å². The highest BCUT2D eigenvalue weighted by molar-refractivity contribution is 5.76. The fraction of sp³-hybridized carbons (Fsp3) is 0.316. The molecule has 1 heterocycles. The van der Waals surface area contributed by atoms with Crippen LogP contribution < -0.4 is 10.6 Å². The highest BCUT2D eigenvalue weighted by atomic mass is 19.1. The van der Waals surface area contributed by atoms with E-state index in [-0.39, 0.29) is 24.5 Å². The van der Waals surface area contributed by atoms with Crippen molar-refractivity contribution >= 4 is 17.3 Å². The van der Waals surface area contributed by atoms with Crippen LogP contribution in [0.2, 0.25) is 0 Å². The van der Waals surface area contributed by atoms with Gasteiger partial charge in [-0.1, -0.05) is 12.1 Å². The molecule has 1 aliphatic rings. The van der Waals surface area contributed by atoms with Crippen molar-refractivity contribution in [2.75, 3.05) is 23.8 Å². The van der Waals surface area contributed by atoms with Gasteiger partial charge in [0, 0.05) is 13.1 Å². The number of hydrogen-bond donors (Lipinski definition) is 1. The largest absolute Gasteiger partial charge is 0.466 e. The smallest absolute Gasteiger partial charge is 0.310 e. The number of ether oxygens (including phenoxy) is 1. The first-order chi connectivity index (χ1) is 12.0. The molecule has 1 aliphatic heterocycles. The molecule has 0 aliphatic carbocycles. The van der Waals surface area contributed by atoms with Gasteiger partial charge in [0.2, 0.25) is 0 Å². The van der Waals surface area contributed by atoms with E-state index in [0.29, 0.717) is 30.8 Å². The van der Waals surface area contributed by atoms with Crippen LogP contribution in [0, 0.1) is 11.6 Å². The van der Waals surface area contributed by atoms with Crippen LogP contribution in [0.15, 0.2) is 30.3 Å². The summed E-state index contributed by atoms with van der Waals surface area (Å²) in [6.07, 6.45) is 0.643. The Bertz CT molecular complexity index is 808. The zero-order valence-corrected chi connectivity index (χ0v) is 14.0. The minimum Gasteiger partial charge on any atom is -0.466 e. The molecule has 25 heavy (non-hydrogen) atoms. The molecule has 6 heteroatoms. The maximum Gasteiger partial charge on any atom is 0.310 e. The molecule has 0 saturated heterocycles. The number of esters is 1. The molecule has 0 amide bonds. The second-order valence-corrected chi connectivity index (χ2v) is 6.04. The Morgan fingerprint density at radius 3 is 2.80 bits per heavy atom. The van der Waals surface area contributed by atoms with E-state index in [9.17, 15) is 13.6 Å². The molecule has 0 atom stereocenters. The number of nitrogen functional groups attached to an aromatic ring is 1. The Morgan fingerprint density at radius 1 is 1.24 bits per heavy atom. The van der Waals surface area contributed by atoms with Crippen LogP contribution >= 0.6 is 0 Å². The Morgan fingerprint density at radius 2 is 2.04 bits per heavy atom. The summed E-state index contributed by atoms with van der Waals surface area (Å²) < 4.78 is 33.1. The number of carbonyl (C=O) groups excluding carboxylic acids is 1. The number of anilines is 2. The van der Waals surface area contributed by atoms with Crippen LogP contribution in [0.3, 0.4) is 0 Å².